The molecule has 1 aromatic heterocycles. The molecule has 2 aliphatic rings. The first kappa shape index (κ1) is 18.7. The highest BCUT2D eigenvalue weighted by molar-refractivity contribution is 5.78. The lowest BCUT2D eigenvalue weighted by Crippen LogP contribution is -2.45. The van der Waals surface area contributed by atoms with Gasteiger partial charge < -0.3 is 10.0 Å². The molecule has 1 fully saturated rings. The molecule has 2 aliphatic heterocycles. The number of carbonyl (C=O) groups excluding carboxylic acids is 1. The van der Waals surface area contributed by atoms with Crippen molar-refractivity contribution < 1.29 is 14.7 Å². The molecule has 0 aliphatic carbocycles. The predicted octanol–water partition coefficient (Wildman–Crippen LogP) is 1.73. The van der Waals surface area contributed by atoms with Crippen LogP contribution in [0.4, 0.5) is 0 Å². The number of amides is 1. The maximum Gasteiger partial charge on any atom is 0.325 e. The number of fused-ring (bicyclic) bond motifs is 1. The second kappa shape index (κ2) is 8.14. The molecule has 28 heavy (non-hydrogen) atoms. The van der Waals surface area contributed by atoms with Crippen LogP contribution >= 0.6 is 0 Å². The van der Waals surface area contributed by atoms with Crippen LogP contribution in [-0.2, 0) is 29.1 Å². The molecule has 1 amide bonds. The molecule has 0 bridgehead atoms. The van der Waals surface area contributed by atoms with E-state index in [-0.39, 0.29) is 18.4 Å². The van der Waals surface area contributed by atoms with Gasteiger partial charge in [0, 0.05) is 38.3 Å². The monoisotopic (exact) mass is 382 g/mol. The standard InChI is InChI=1S/C21H26N4O3/c26-20(14-23-10-7-16-4-1-2-5-17(16)12-23)24-9-3-6-18(13-24)19-8-11-25(22-19)15-21(27)28/h1-2,4-5,8,11,18H,3,6-7,9-10,12-15H2,(H,27,28). The fraction of sp³-hybridized carbons (Fsp3) is 0.476. The van der Waals surface area contributed by atoms with E-state index in [1.54, 1.807) is 6.20 Å². The zero-order valence-electron chi connectivity index (χ0n) is 16.0. The van der Waals surface area contributed by atoms with Crippen molar-refractivity contribution in [3.05, 3.63) is 53.3 Å². The van der Waals surface area contributed by atoms with Crippen molar-refractivity contribution in [3.8, 4) is 0 Å². The number of rotatable bonds is 5. The van der Waals surface area contributed by atoms with Crippen LogP contribution in [0, 0.1) is 0 Å². The molecule has 2 aromatic rings. The van der Waals surface area contributed by atoms with Crippen LogP contribution in [0.3, 0.4) is 0 Å². The van der Waals surface area contributed by atoms with E-state index in [0.717, 1.165) is 44.6 Å². The third-order valence-electron chi connectivity index (χ3n) is 5.72. The van der Waals surface area contributed by atoms with Gasteiger partial charge in [0.1, 0.15) is 6.54 Å². The summed E-state index contributed by atoms with van der Waals surface area (Å²) in [5.41, 5.74) is 3.59. The lowest BCUT2D eigenvalue weighted by atomic mass is 9.95. The summed E-state index contributed by atoms with van der Waals surface area (Å²) in [7, 11) is 0. The van der Waals surface area contributed by atoms with Crippen LogP contribution in [0.15, 0.2) is 36.5 Å². The topological polar surface area (TPSA) is 78.7 Å². The van der Waals surface area contributed by atoms with Crippen molar-refractivity contribution in [3.63, 3.8) is 0 Å². The molecule has 0 saturated carbocycles. The Morgan fingerprint density at radius 3 is 2.75 bits per heavy atom. The van der Waals surface area contributed by atoms with Crippen molar-refractivity contribution in [2.24, 2.45) is 0 Å². The Morgan fingerprint density at radius 2 is 1.93 bits per heavy atom. The maximum atomic E-state index is 12.9. The van der Waals surface area contributed by atoms with Crippen molar-refractivity contribution in [1.29, 1.82) is 0 Å². The number of aromatic nitrogens is 2. The lowest BCUT2D eigenvalue weighted by Gasteiger charge is -2.35. The lowest BCUT2D eigenvalue weighted by molar-refractivity contribution is -0.138. The van der Waals surface area contributed by atoms with Gasteiger partial charge in [-0.2, -0.15) is 5.10 Å². The summed E-state index contributed by atoms with van der Waals surface area (Å²) in [6.45, 7) is 3.52. The molecule has 1 unspecified atom stereocenters. The summed E-state index contributed by atoms with van der Waals surface area (Å²) in [5, 5.41) is 13.3. The number of hydrogen-bond acceptors (Lipinski definition) is 4. The summed E-state index contributed by atoms with van der Waals surface area (Å²) < 4.78 is 1.45. The number of hydrogen-bond donors (Lipinski definition) is 1. The van der Waals surface area contributed by atoms with Crippen LogP contribution in [-0.4, -0.2) is 62.7 Å². The minimum absolute atomic E-state index is 0.133. The average molecular weight is 382 g/mol. The number of benzene rings is 1. The van der Waals surface area contributed by atoms with Crippen LogP contribution in [0.25, 0.3) is 0 Å². The fourth-order valence-electron chi connectivity index (χ4n) is 4.25. The van der Waals surface area contributed by atoms with Crippen LogP contribution in [0.2, 0.25) is 0 Å². The Morgan fingerprint density at radius 1 is 1.11 bits per heavy atom. The van der Waals surface area contributed by atoms with E-state index in [0.29, 0.717) is 13.1 Å². The van der Waals surface area contributed by atoms with Gasteiger partial charge in [0.25, 0.3) is 0 Å². The normalized spacial score (nSPS) is 20.0. The predicted molar refractivity (Wildman–Crippen MR) is 104 cm³/mol. The highest BCUT2D eigenvalue weighted by atomic mass is 16.4. The zero-order valence-corrected chi connectivity index (χ0v) is 16.0. The van der Waals surface area contributed by atoms with E-state index in [4.69, 9.17) is 5.11 Å². The summed E-state index contributed by atoms with van der Waals surface area (Å²) >= 11 is 0. The number of carboxylic acids is 1. The van der Waals surface area contributed by atoms with Gasteiger partial charge in [-0.15, -0.1) is 0 Å². The number of piperidine rings is 1. The fourth-order valence-corrected chi connectivity index (χ4v) is 4.25. The molecule has 1 saturated heterocycles. The molecule has 7 nitrogen and oxygen atoms in total. The Kier molecular flexibility index (Phi) is 5.43. The first-order chi connectivity index (χ1) is 13.6. The molecule has 4 rings (SSSR count). The summed E-state index contributed by atoms with van der Waals surface area (Å²) in [6, 6.07) is 10.3. The van der Waals surface area contributed by atoms with E-state index >= 15 is 0 Å². The van der Waals surface area contributed by atoms with Gasteiger partial charge in [-0.05, 0) is 36.5 Å². The summed E-state index contributed by atoms with van der Waals surface area (Å²) in [6.07, 6.45) is 4.62. The number of aliphatic carboxylic acids is 1. The second-order valence-electron chi connectivity index (χ2n) is 7.74. The smallest absolute Gasteiger partial charge is 0.325 e. The minimum Gasteiger partial charge on any atom is -0.480 e. The van der Waals surface area contributed by atoms with Gasteiger partial charge in [0.05, 0.1) is 12.2 Å². The first-order valence-electron chi connectivity index (χ1n) is 9.90. The minimum atomic E-state index is -0.904. The van der Waals surface area contributed by atoms with Crippen molar-refractivity contribution in [2.45, 2.75) is 38.3 Å². The average Bonchev–Trinajstić information content (AvgIpc) is 3.16. The van der Waals surface area contributed by atoms with Gasteiger partial charge in [-0.1, -0.05) is 24.3 Å². The summed E-state index contributed by atoms with van der Waals surface area (Å²) in [4.78, 5) is 27.9. The molecular formula is C21H26N4O3. The Bertz CT molecular complexity index is 863. The third kappa shape index (κ3) is 4.25. The molecule has 1 aromatic carbocycles. The molecular weight excluding hydrogens is 356 g/mol. The Hall–Kier alpha value is -2.67. The maximum absolute atomic E-state index is 12.9. The van der Waals surface area contributed by atoms with Crippen LogP contribution in [0.5, 0.6) is 0 Å². The van der Waals surface area contributed by atoms with Crippen LogP contribution < -0.4 is 0 Å². The highest BCUT2D eigenvalue weighted by Gasteiger charge is 2.28. The van der Waals surface area contributed by atoms with Crippen molar-refractivity contribution in [2.75, 3.05) is 26.2 Å². The molecule has 0 spiro atoms. The molecule has 1 N–H and O–H groups in total. The molecule has 3 heterocycles. The van der Waals surface area contributed by atoms with E-state index in [2.05, 4.69) is 34.3 Å². The number of carbonyl (C=O) groups is 2. The summed E-state index contributed by atoms with van der Waals surface area (Å²) in [5.74, 6) is -0.554. The SMILES string of the molecule is O=C(O)Cn1ccc(C2CCCN(C(=O)CN3CCc4ccccc4C3)C2)n1. The van der Waals surface area contributed by atoms with E-state index in [1.807, 2.05) is 11.0 Å². The van der Waals surface area contributed by atoms with Gasteiger partial charge in [-0.3, -0.25) is 19.2 Å². The second-order valence-corrected chi connectivity index (χ2v) is 7.74. The Balaban J connectivity index is 1.35. The van der Waals surface area contributed by atoms with E-state index < -0.39 is 5.97 Å². The van der Waals surface area contributed by atoms with Gasteiger partial charge in [0.2, 0.25) is 5.91 Å². The number of carboxylic acid groups (broad SMARTS) is 1. The molecule has 148 valence electrons. The number of nitrogens with zero attached hydrogens (tertiary/aromatic N) is 4. The largest absolute Gasteiger partial charge is 0.480 e. The molecule has 0 radical (unpaired) electrons. The van der Waals surface area contributed by atoms with E-state index in [1.165, 1.54) is 15.8 Å². The molecule has 7 heteroatoms. The van der Waals surface area contributed by atoms with Gasteiger partial charge in [0.15, 0.2) is 0 Å². The van der Waals surface area contributed by atoms with Crippen LogP contribution in [0.1, 0.15) is 35.6 Å². The quantitative estimate of drug-likeness (QED) is 0.852. The van der Waals surface area contributed by atoms with Gasteiger partial charge in [-0.25, -0.2) is 0 Å². The third-order valence-corrected chi connectivity index (χ3v) is 5.72. The van der Waals surface area contributed by atoms with Gasteiger partial charge >= 0.3 is 5.97 Å². The Labute approximate surface area is 164 Å². The van der Waals surface area contributed by atoms with Crippen molar-refractivity contribution in [1.82, 2.24) is 19.6 Å². The van der Waals surface area contributed by atoms with E-state index in [9.17, 15) is 9.59 Å². The highest BCUT2D eigenvalue weighted by Crippen LogP contribution is 2.26. The zero-order chi connectivity index (χ0) is 19.5. The first-order valence-corrected chi connectivity index (χ1v) is 9.90. The number of likely N-dealkylation sites (tertiary alicyclic amines) is 1. The molecule has 1 atom stereocenters. The van der Waals surface area contributed by atoms with Crippen molar-refractivity contribution >= 4 is 11.9 Å².